The molecule has 0 saturated heterocycles. The van der Waals surface area contributed by atoms with Crippen molar-refractivity contribution in [1.29, 1.82) is 0 Å². The fraction of sp³-hybridized carbons (Fsp3) is 0. The highest BCUT2D eigenvalue weighted by molar-refractivity contribution is 7.15. The van der Waals surface area contributed by atoms with E-state index in [-0.39, 0.29) is 0 Å². The van der Waals surface area contributed by atoms with Crippen LogP contribution in [0.1, 0.15) is 5.69 Å². The molecule has 2 aromatic heterocycles. The van der Waals surface area contributed by atoms with E-state index in [1.165, 1.54) is 0 Å². The van der Waals surface area contributed by atoms with Gasteiger partial charge in [-0.2, -0.15) is 0 Å². The Morgan fingerprint density at radius 1 is 1.70 bits per heavy atom. The fourth-order valence-electron chi connectivity index (χ4n) is 0.844. The number of hydrogen-bond acceptors (Lipinski definition) is 2. The highest BCUT2D eigenvalue weighted by Gasteiger charge is 1.96. The Kier molecular flexibility index (Phi) is 1.11. The van der Waals surface area contributed by atoms with Crippen LogP contribution in [0, 0.1) is 0 Å². The van der Waals surface area contributed by atoms with Crippen LogP contribution in [0.3, 0.4) is 0 Å². The van der Waals surface area contributed by atoms with E-state index in [0.29, 0.717) is 0 Å². The SMILES string of the molecule is C=Cc1cn2ccsc2n1. The zero-order chi connectivity index (χ0) is 6.97. The van der Waals surface area contributed by atoms with Crippen molar-refractivity contribution in [2.75, 3.05) is 0 Å². The maximum absolute atomic E-state index is 4.25. The molecule has 2 heterocycles. The third-order valence-corrected chi connectivity index (χ3v) is 2.09. The second-order valence-electron chi connectivity index (χ2n) is 1.96. The summed E-state index contributed by atoms with van der Waals surface area (Å²) in [6.45, 7) is 3.63. The molecule has 2 aromatic rings. The molecule has 0 atom stereocenters. The van der Waals surface area contributed by atoms with E-state index in [1.54, 1.807) is 17.4 Å². The Hall–Kier alpha value is -1.09. The fourth-order valence-corrected chi connectivity index (χ4v) is 1.55. The van der Waals surface area contributed by atoms with E-state index in [4.69, 9.17) is 0 Å². The number of fused-ring (bicyclic) bond motifs is 1. The molecular formula is C7H6N2S. The maximum atomic E-state index is 4.25. The summed E-state index contributed by atoms with van der Waals surface area (Å²) in [4.78, 5) is 5.28. The van der Waals surface area contributed by atoms with Crippen molar-refractivity contribution >= 4 is 22.4 Å². The van der Waals surface area contributed by atoms with Gasteiger partial charge in [0.1, 0.15) is 0 Å². The number of hydrogen-bond donors (Lipinski definition) is 0. The van der Waals surface area contributed by atoms with Crippen molar-refractivity contribution < 1.29 is 0 Å². The Morgan fingerprint density at radius 3 is 3.30 bits per heavy atom. The lowest BCUT2D eigenvalue weighted by Gasteiger charge is -1.73. The highest BCUT2D eigenvalue weighted by atomic mass is 32.1. The molecule has 3 heteroatoms. The zero-order valence-electron chi connectivity index (χ0n) is 5.32. The van der Waals surface area contributed by atoms with E-state index >= 15 is 0 Å². The molecule has 2 rings (SSSR count). The van der Waals surface area contributed by atoms with Crippen LogP contribution < -0.4 is 0 Å². The molecule has 0 aliphatic carbocycles. The summed E-state index contributed by atoms with van der Waals surface area (Å²) >= 11 is 1.63. The van der Waals surface area contributed by atoms with Crippen LogP contribution in [0.5, 0.6) is 0 Å². The molecule has 0 aromatic carbocycles. The minimum Gasteiger partial charge on any atom is -0.297 e. The first-order chi connectivity index (χ1) is 4.90. The third kappa shape index (κ3) is 0.675. The predicted octanol–water partition coefficient (Wildman–Crippen LogP) is 2.04. The largest absolute Gasteiger partial charge is 0.297 e. The molecule has 0 aliphatic heterocycles. The standard InChI is InChI=1S/C7H6N2S/c1-2-6-5-9-3-4-10-7(9)8-6/h2-5H,1H2. The van der Waals surface area contributed by atoms with Crippen molar-refractivity contribution in [2.24, 2.45) is 0 Å². The van der Waals surface area contributed by atoms with Gasteiger partial charge in [0.15, 0.2) is 4.96 Å². The number of nitrogens with zero attached hydrogens (tertiary/aromatic N) is 2. The van der Waals surface area contributed by atoms with Gasteiger partial charge in [-0.05, 0) is 6.08 Å². The zero-order valence-corrected chi connectivity index (χ0v) is 6.14. The lowest BCUT2D eigenvalue weighted by Crippen LogP contribution is -1.66. The van der Waals surface area contributed by atoms with Crippen LogP contribution in [0.2, 0.25) is 0 Å². The summed E-state index contributed by atoms with van der Waals surface area (Å²) in [5.41, 5.74) is 0.937. The molecule has 2 nitrogen and oxygen atoms in total. The van der Waals surface area contributed by atoms with Gasteiger partial charge in [-0.25, -0.2) is 4.98 Å². The van der Waals surface area contributed by atoms with Gasteiger partial charge in [-0.15, -0.1) is 11.3 Å². The molecule has 0 bridgehead atoms. The molecule has 0 fully saturated rings. The normalized spacial score (nSPS) is 10.4. The second kappa shape index (κ2) is 1.95. The minimum absolute atomic E-state index is 0.937. The molecule has 0 spiro atoms. The quantitative estimate of drug-likeness (QED) is 0.608. The summed E-state index contributed by atoms with van der Waals surface area (Å²) in [6, 6.07) is 0. The average Bonchev–Trinajstić information content (AvgIpc) is 2.42. The number of aromatic nitrogens is 2. The summed E-state index contributed by atoms with van der Waals surface area (Å²) in [5, 5.41) is 2.01. The van der Waals surface area contributed by atoms with Gasteiger partial charge in [-0.3, -0.25) is 4.40 Å². The summed E-state index contributed by atoms with van der Waals surface area (Å²) in [7, 11) is 0. The van der Waals surface area contributed by atoms with Crippen LogP contribution in [0.25, 0.3) is 11.0 Å². The highest BCUT2D eigenvalue weighted by Crippen LogP contribution is 2.11. The molecule has 0 saturated carbocycles. The Balaban J connectivity index is 2.78. The lowest BCUT2D eigenvalue weighted by molar-refractivity contribution is 1.23. The topological polar surface area (TPSA) is 17.3 Å². The smallest absolute Gasteiger partial charge is 0.194 e. The van der Waals surface area contributed by atoms with Crippen molar-refractivity contribution in [1.82, 2.24) is 9.38 Å². The Bertz CT molecular complexity index is 330. The number of imidazole rings is 1. The van der Waals surface area contributed by atoms with Crippen molar-refractivity contribution in [2.45, 2.75) is 0 Å². The van der Waals surface area contributed by atoms with Gasteiger partial charge in [0.25, 0.3) is 0 Å². The Morgan fingerprint density at radius 2 is 2.60 bits per heavy atom. The van der Waals surface area contributed by atoms with Gasteiger partial charge < -0.3 is 0 Å². The van der Waals surface area contributed by atoms with E-state index in [2.05, 4.69) is 11.6 Å². The number of rotatable bonds is 1. The van der Waals surface area contributed by atoms with Gasteiger partial charge in [-0.1, -0.05) is 6.58 Å². The molecule has 50 valence electrons. The first-order valence-electron chi connectivity index (χ1n) is 2.95. The van der Waals surface area contributed by atoms with E-state index in [0.717, 1.165) is 10.7 Å². The first kappa shape index (κ1) is 5.68. The average molecular weight is 150 g/mol. The van der Waals surface area contributed by atoms with Crippen LogP contribution in [0.4, 0.5) is 0 Å². The van der Waals surface area contributed by atoms with Gasteiger partial charge in [0.05, 0.1) is 5.69 Å². The Labute approximate surface area is 62.4 Å². The van der Waals surface area contributed by atoms with Gasteiger partial charge in [0.2, 0.25) is 0 Å². The lowest BCUT2D eigenvalue weighted by atomic mass is 10.5. The monoisotopic (exact) mass is 150 g/mol. The van der Waals surface area contributed by atoms with E-state index < -0.39 is 0 Å². The predicted molar refractivity (Wildman–Crippen MR) is 43.2 cm³/mol. The van der Waals surface area contributed by atoms with Gasteiger partial charge >= 0.3 is 0 Å². The minimum atomic E-state index is 0.937. The van der Waals surface area contributed by atoms with Crippen molar-refractivity contribution in [3.8, 4) is 0 Å². The number of thiazole rings is 1. The summed E-state index contributed by atoms with van der Waals surface area (Å²) < 4.78 is 1.99. The summed E-state index contributed by atoms with van der Waals surface area (Å²) in [6.07, 6.45) is 5.69. The molecule has 0 N–H and O–H groups in total. The van der Waals surface area contributed by atoms with E-state index in [9.17, 15) is 0 Å². The van der Waals surface area contributed by atoms with Crippen LogP contribution in [0.15, 0.2) is 24.4 Å². The first-order valence-corrected chi connectivity index (χ1v) is 3.83. The molecule has 0 aliphatic rings. The van der Waals surface area contributed by atoms with Crippen LogP contribution in [-0.2, 0) is 0 Å². The van der Waals surface area contributed by atoms with Crippen molar-refractivity contribution in [3.63, 3.8) is 0 Å². The summed E-state index contributed by atoms with van der Waals surface area (Å²) in [5.74, 6) is 0. The molecular weight excluding hydrogens is 144 g/mol. The molecule has 0 radical (unpaired) electrons. The van der Waals surface area contributed by atoms with Crippen LogP contribution >= 0.6 is 11.3 Å². The molecule has 0 amide bonds. The van der Waals surface area contributed by atoms with Crippen molar-refractivity contribution in [3.05, 3.63) is 30.0 Å². The maximum Gasteiger partial charge on any atom is 0.194 e. The molecule has 10 heavy (non-hydrogen) atoms. The second-order valence-corrected chi connectivity index (χ2v) is 2.84. The van der Waals surface area contributed by atoms with Gasteiger partial charge in [0, 0.05) is 17.8 Å². The molecule has 0 unspecified atom stereocenters. The van der Waals surface area contributed by atoms with E-state index in [1.807, 2.05) is 22.2 Å². The third-order valence-electron chi connectivity index (χ3n) is 1.32. The van der Waals surface area contributed by atoms with Crippen LogP contribution in [-0.4, -0.2) is 9.38 Å².